The maximum Gasteiger partial charge on any atom is 0.242 e. The van der Waals surface area contributed by atoms with Crippen molar-refractivity contribution in [1.29, 1.82) is 0 Å². The summed E-state index contributed by atoms with van der Waals surface area (Å²) < 4.78 is 0. The van der Waals surface area contributed by atoms with E-state index < -0.39 is 0 Å². The van der Waals surface area contributed by atoms with Gasteiger partial charge in [0, 0.05) is 13.1 Å². The Morgan fingerprint density at radius 2 is 1.95 bits per heavy atom. The second kappa shape index (κ2) is 8.26. The van der Waals surface area contributed by atoms with Gasteiger partial charge in [0.05, 0.1) is 19.6 Å². The third-order valence-electron chi connectivity index (χ3n) is 2.75. The Bertz CT molecular complexity index is 406. The lowest BCUT2D eigenvalue weighted by atomic mass is 10.1. The van der Waals surface area contributed by atoms with Crippen molar-refractivity contribution in [3.05, 3.63) is 35.9 Å². The Hall–Kier alpha value is -1.88. The highest BCUT2D eigenvalue weighted by Gasteiger charge is 2.12. The van der Waals surface area contributed by atoms with Crippen LogP contribution in [-0.4, -0.2) is 48.1 Å². The van der Waals surface area contributed by atoms with Gasteiger partial charge in [-0.25, -0.2) is 0 Å². The number of carbonyl (C=O) groups excluding carboxylic acids is 2. The van der Waals surface area contributed by atoms with E-state index in [4.69, 9.17) is 5.11 Å². The molecule has 0 unspecified atom stereocenters. The Balaban J connectivity index is 2.35. The van der Waals surface area contributed by atoms with E-state index in [1.54, 1.807) is 0 Å². The van der Waals surface area contributed by atoms with E-state index in [9.17, 15) is 9.59 Å². The molecule has 0 spiro atoms. The fraction of sp³-hybridized carbons (Fsp3) is 0.429. The molecule has 19 heavy (non-hydrogen) atoms. The van der Waals surface area contributed by atoms with Gasteiger partial charge in [-0.05, 0) is 12.5 Å². The first-order valence-electron chi connectivity index (χ1n) is 6.36. The lowest BCUT2D eigenvalue weighted by molar-refractivity contribution is -0.133. The van der Waals surface area contributed by atoms with Gasteiger partial charge in [-0.3, -0.25) is 9.59 Å². The lowest BCUT2D eigenvalue weighted by Gasteiger charge is -2.19. The fourth-order valence-electron chi connectivity index (χ4n) is 1.71. The molecule has 5 nitrogen and oxygen atoms in total. The second-order valence-electron chi connectivity index (χ2n) is 4.14. The number of nitrogens with one attached hydrogen (secondary N) is 1. The Morgan fingerprint density at radius 1 is 1.26 bits per heavy atom. The van der Waals surface area contributed by atoms with Crippen molar-refractivity contribution in [2.75, 3.05) is 26.2 Å². The number of aliphatic hydroxyl groups excluding tert-OH is 1. The number of likely N-dealkylation sites (N-methyl/N-ethyl adjacent to an activating group) is 1. The SMILES string of the molecule is CCN(CCO)C(=O)CNC(=O)Cc1ccccc1. The fourth-order valence-corrected chi connectivity index (χ4v) is 1.71. The number of rotatable bonds is 7. The maximum atomic E-state index is 11.7. The monoisotopic (exact) mass is 264 g/mol. The number of hydrogen-bond acceptors (Lipinski definition) is 3. The summed E-state index contributed by atoms with van der Waals surface area (Å²) in [6.45, 7) is 2.55. The molecule has 0 bridgehead atoms. The van der Waals surface area contributed by atoms with Crippen LogP contribution in [0.15, 0.2) is 30.3 Å². The van der Waals surface area contributed by atoms with Gasteiger partial charge in [-0.1, -0.05) is 30.3 Å². The molecule has 1 rings (SSSR count). The molecule has 0 aromatic heterocycles. The second-order valence-corrected chi connectivity index (χ2v) is 4.14. The highest BCUT2D eigenvalue weighted by molar-refractivity contribution is 5.85. The minimum absolute atomic E-state index is 0.0283. The normalized spacial score (nSPS) is 10.0. The van der Waals surface area contributed by atoms with E-state index in [2.05, 4.69) is 5.32 Å². The molecule has 0 fully saturated rings. The van der Waals surface area contributed by atoms with E-state index in [0.29, 0.717) is 13.1 Å². The van der Waals surface area contributed by atoms with Gasteiger partial charge in [0.2, 0.25) is 11.8 Å². The quantitative estimate of drug-likeness (QED) is 0.738. The van der Waals surface area contributed by atoms with E-state index in [0.717, 1.165) is 5.56 Å². The molecule has 0 aliphatic heterocycles. The topological polar surface area (TPSA) is 69.6 Å². The van der Waals surface area contributed by atoms with Crippen molar-refractivity contribution < 1.29 is 14.7 Å². The maximum absolute atomic E-state index is 11.7. The van der Waals surface area contributed by atoms with Gasteiger partial charge in [0.25, 0.3) is 0 Å². The predicted octanol–water partition coefficient (Wildman–Crippen LogP) is 0.186. The minimum Gasteiger partial charge on any atom is -0.395 e. The van der Waals surface area contributed by atoms with Crippen molar-refractivity contribution in [3.63, 3.8) is 0 Å². The van der Waals surface area contributed by atoms with Crippen molar-refractivity contribution in [3.8, 4) is 0 Å². The number of benzene rings is 1. The molecule has 0 aliphatic carbocycles. The van der Waals surface area contributed by atoms with Crippen LogP contribution in [-0.2, 0) is 16.0 Å². The molecular weight excluding hydrogens is 244 g/mol. The van der Waals surface area contributed by atoms with Crippen LogP contribution in [0, 0.1) is 0 Å². The van der Waals surface area contributed by atoms with Gasteiger partial charge >= 0.3 is 0 Å². The zero-order valence-electron chi connectivity index (χ0n) is 11.1. The molecule has 0 heterocycles. The van der Waals surface area contributed by atoms with Gasteiger partial charge in [-0.2, -0.15) is 0 Å². The summed E-state index contributed by atoms with van der Waals surface area (Å²) in [6.07, 6.45) is 0.264. The zero-order valence-corrected chi connectivity index (χ0v) is 11.1. The largest absolute Gasteiger partial charge is 0.395 e. The van der Waals surface area contributed by atoms with Gasteiger partial charge < -0.3 is 15.3 Å². The highest BCUT2D eigenvalue weighted by Crippen LogP contribution is 1.99. The van der Waals surface area contributed by atoms with Gasteiger partial charge in [0.1, 0.15) is 0 Å². The zero-order chi connectivity index (χ0) is 14.1. The number of nitrogens with zero attached hydrogens (tertiary/aromatic N) is 1. The standard InChI is InChI=1S/C14H20N2O3/c1-2-16(8-9-17)14(19)11-15-13(18)10-12-6-4-3-5-7-12/h3-7,17H,2,8-11H2,1H3,(H,15,18). The van der Waals surface area contributed by atoms with Crippen LogP contribution < -0.4 is 5.32 Å². The third kappa shape index (κ3) is 5.52. The molecule has 104 valence electrons. The summed E-state index contributed by atoms with van der Waals surface area (Å²) in [5.41, 5.74) is 0.912. The molecule has 0 saturated carbocycles. The molecular formula is C14H20N2O3. The van der Waals surface area contributed by atoms with Crippen molar-refractivity contribution >= 4 is 11.8 Å². The van der Waals surface area contributed by atoms with Crippen molar-refractivity contribution in [2.24, 2.45) is 0 Å². The molecule has 0 atom stereocenters. The third-order valence-corrected chi connectivity index (χ3v) is 2.75. The Kier molecular flexibility index (Phi) is 6.60. The number of aliphatic hydroxyl groups is 1. The van der Waals surface area contributed by atoms with Gasteiger partial charge in [-0.15, -0.1) is 0 Å². The first-order valence-corrected chi connectivity index (χ1v) is 6.36. The van der Waals surface area contributed by atoms with E-state index >= 15 is 0 Å². The van der Waals surface area contributed by atoms with Crippen LogP contribution in [0.2, 0.25) is 0 Å². The molecule has 1 aromatic carbocycles. The van der Waals surface area contributed by atoms with Crippen LogP contribution in [0.25, 0.3) is 0 Å². The summed E-state index contributed by atoms with van der Waals surface area (Å²) in [5, 5.41) is 11.4. The Labute approximate surface area is 113 Å². The minimum atomic E-state index is -0.182. The lowest BCUT2D eigenvalue weighted by Crippen LogP contribution is -2.41. The number of carbonyl (C=O) groups is 2. The molecule has 0 radical (unpaired) electrons. The van der Waals surface area contributed by atoms with Crippen molar-refractivity contribution in [2.45, 2.75) is 13.3 Å². The van der Waals surface area contributed by atoms with Crippen LogP contribution >= 0.6 is 0 Å². The summed E-state index contributed by atoms with van der Waals surface area (Å²) in [5.74, 6) is -0.363. The molecule has 5 heteroatoms. The summed E-state index contributed by atoms with van der Waals surface area (Å²) >= 11 is 0. The average molecular weight is 264 g/mol. The van der Waals surface area contributed by atoms with E-state index in [1.165, 1.54) is 4.90 Å². The van der Waals surface area contributed by atoms with E-state index in [-0.39, 0.29) is 31.4 Å². The predicted molar refractivity (Wildman–Crippen MR) is 72.5 cm³/mol. The first kappa shape index (κ1) is 15.2. The molecule has 0 aliphatic rings. The first-order chi connectivity index (χ1) is 9.17. The van der Waals surface area contributed by atoms with Crippen LogP contribution in [0.3, 0.4) is 0 Å². The molecule has 1 aromatic rings. The molecule has 2 N–H and O–H groups in total. The average Bonchev–Trinajstić information content (AvgIpc) is 2.43. The highest BCUT2D eigenvalue weighted by atomic mass is 16.3. The van der Waals surface area contributed by atoms with Crippen LogP contribution in [0.4, 0.5) is 0 Å². The number of amides is 2. The van der Waals surface area contributed by atoms with Crippen LogP contribution in [0.5, 0.6) is 0 Å². The smallest absolute Gasteiger partial charge is 0.242 e. The number of hydrogen-bond donors (Lipinski definition) is 2. The van der Waals surface area contributed by atoms with Crippen molar-refractivity contribution in [1.82, 2.24) is 10.2 Å². The summed E-state index contributed by atoms with van der Waals surface area (Å²) in [7, 11) is 0. The van der Waals surface area contributed by atoms with Crippen LogP contribution in [0.1, 0.15) is 12.5 Å². The van der Waals surface area contributed by atoms with Gasteiger partial charge in [0.15, 0.2) is 0 Å². The van der Waals surface area contributed by atoms with E-state index in [1.807, 2.05) is 37.3 Å². The molecule has 0 saturated heterocycles. The summed E-state index contributed by atoms with van der Waals surface area (Å²) in [4.78, 5) is 24.9. The molecule has 2 amide bonds. The Morgan fingerprint density at radius 3 is 2.53 bits per heavy atom. The summed E-state index contributed by atoms with van der Waals surface area (Å²) in [6, 6.07) is 9.36.